The van der Waals surface area contributed by atoms with Gasteiger partial charge in [-0.3, -0.25) is 0 Å². The van der Waals surface area contributed by atoms with Crippen LogP contribution in [0.2, 0.25) is 0 Å². The molecule has 110 valence electrons. The average molecular weight is 283 g/mol. The lowest BCUT2D eigenvalue weighted by atomic mass is 10.00. The summed E-state index contributed by atoms with van der Waals surface area (Å²) in [6, 6.07) is 10.2. The third kappa shape index (κ3) is 3.12. The number of nitrogens with zero attached hydrogens (tertiary/aromatic N) is 5. The minimum Gasteiger partial charge on any atom is -0.339 e. The molecule has 2 aromatic rings. The van der Waals surface area contributed by atoms with Gasteiger partial charge in [0.1, 0.15) is 0 Å². The van der Waals surface area contributed by atoms with E-state index in [4.69, 9.17) is 0 Å². The van der Waals surface area contributed by atoms with E-state index in [1.165, 1.54) is 12.8 Å². The zero-order valence-electron chi connectivity index (χ0n) is 12.6. The SMILES string of the molecule is CC1CCN(c2nncc(N(C)c3ccccc3)n2)CC1. The Morgan fingerprint density at radius 1 is 1.14 bits per heavy atom. The first-order valence-electron chi connectivity index (χ1n) is 7.47. The molecule has 1 aromatic carbocycles. The number of aromatic nitrogens is 3. The van der Waals surface area contributed by atoms with Crippen LogP contribution in [0.4, 0.5) is 17.5 Å². The Morgan fingerprint density at radius 3 is 2.57 bits per heavy atom. The lowest BCUT2D eigenvalue weighted by Gasteiger charge is -2.30. The van der Waals surface area contributed by atoms with Crippen LogP contribution in [-0.4, -0.2) is 35.3 Å². The maximum absolute atomic E-state index is 4.68. The average Bonchev–Trinajstić information content (AvgIpc) is 2.56. The Bertz CT molecular complexity index is 578. The molecule has 1 aliphatic rings. The summed E-state index contributed by atoms with van der Waals surface area (Å²) < 4.78 is 0. The van der Waals surface area contributed by atoms with E-state index in [-0.39, 0.29) is 0 Å². The highest BCUT2D eigenvalue weighted by molar-refractivity contribution is 5.58. The Morgan fingerprint density at radius 2 is 1.86 bits per heavy atom. The van der Waals surface area contributed by atoms with Crippen molar-refractivity contribution in [2.75, 3.05) is 29.9 Å². The van der Waals surface area contributed by atoms with E-state index in [1.54, 1.807) is 6.20 Å². The number of anilines is 3. The molecule has 5 nitrogen and oxygen atoms in total. The molecule has 1 fully saturated rings. The molecule has 0 saturated carbocycles. The second-order valence-corrected chi connectivity index (χ2v) is 5.68. The van der Waals surface area contributed by atoms with Crippen molar-refractivity contribution in [3.05, 3.63) is 36.5 Å². The summed E-state index contributed by atoms with van der Waals surface area (Å²) in [5.41, 5.74) is 1.09. The molecule has 1 saturated heterocycles. The first-order valence-corrected chi connectivity index (χ1v) is 7.47. The van der Waals surface area contributed by atoms with E-state index in [9.17, 15) is 0 Å². The summed E-state index contributed by atoms with van der Waals surface area (Å²) in [6.07, 6.45) is 4.10. The van der Waals surface area contributed by atoms with Crippen LogP contribution in [0.5, 0.6) is 0 Å². The van der Waals surface area contributed by atoms with E-state index in [1.807, 2.05) is 30.1 Å². The molecule has 1 aromatic heterocycles. The summed E-state index contributed by atoms with van der Waals surface area (Å²) in [5, 5.41) is 8.33. The van der Waals surface area contributed by atoms with E-state index in [0.29, 0.717) is 0 Å². The standard InChI is InChI=1S/C16H21N5/c1-13-8-10-21(11-9-13)16-18-15(12-17-19-16)20(2)14-6-4-3-5-7-14/h3-7,12-13H,8-11H2,1-2H3. The van der Waals surface area contributed by atoms with E-state index >= 15 is 0 Å². The second-order valence-electron chi connectivity index (χ2n) is 5.68. The van der Waals surface area contributed by atoms with Crippen molar-refractivity contribution in [2.45, 2.75) is 19.8 Å². The maximum atomic E-state index is 4.68. The van der Waals surface area contributed by atoms with Gasteiger partial charge in [0.05, 0.1) is 6.20 Å². The van der Waals surface area contributed by atoms with Gasteiger partial charge in [0.2, 0.25) is 5.95 Å². The van der Waals surface area contributed by atoms with Gasteiger partial charge in [-0.05, 0) is 30.9 Å². The fraction of sp³-hybridized carbons (Fsp3) is 0.438. The minimum absolute atomic E-state index is 0.738. The van der Waals surface area contributed by atoms with Gasteiger partial charge in [-0.15, -0.1) is 5.10 Å². The molecule has 3 rings (SSSR count). The Labute approximate surface area is 125 Å². The van der Waals surface area contributed by atoms with Crippen LogP contribution in [0.3, 0.4) is 0 Å². The number of benzene rings is 1. The van der Waals surface area contributed by atoms with Gasteiger partial charge < -0.3 is 9.80 Å². The zero-order chi connectivity index (χ0) is 14.7. The monoisotopic (exact) mass is 283 g/mol. The van der Waals surface area contributed by atoms with Crippen LogP contribution in [-0.2, 0) is 0 Å². The van der Waals surface area contributed by atoms with Crippen LogP contribution in [0.1, 0.15) is 19.8 Å². The van der Waals surface area contributed by atoms with Crippen molar-refractivity contribution >= 4 is 17.5 Å². The van der Waals surface area contributed by atoms with Crippen LogP contribution >= 0.6 is 0 Å². The fourth-order valence-corrected chi connectivity index (χ4v) is 2.57. The number of hydrogen-bond donors (Lipinski definition) is 0. The first kappa shape index (κ1) is 13.8. The molecule has 0 N–H and O–H groups in total. The molecule has 1 aliphatic heterocycles. The molecule has 0 atom stereocenters. The Kier molecular flexibility index (Phi) is 3.99. The van der Waals surface area contributed by atoms with Crippen molar-refractivity contribution in [3.63, 3.8) is 0 Å². The molecule has 2 heterocycles. The Hall–Kier alpha value is -2.17. The van der Waals surface area contributed by atoms with E-state index < -0.39 is 0 Å². The van der Waals surface area contributed by atoms with Crippen molar-refractivity contribution < 1.29 is 0 Å². The van der Waals surface area contributed by atoms with Gasteiger partial charge in [-0.2, -0.15) is 10.1 Å². The van der Waals surface area contributed by atoms with Crippen LogP contribution in [0.15, 0.2) is 36.5 Å². The molecule has 0 aliphatic carbocycles. The largest absolute Gasteiger partial charge is 0.339 e. The van der Waals surface area contributed by atoms with Crippen molar-refractivity contribution in [3.8, 4) is 0 Å². The van der Waals surface area contributed by atoms with Crippen LogP contribution < -0.4 is 9.80 Å². The number of para-hydroxylation sites is 1. The molecule has 0 bridgehead atoms. The van der Waals surface area contributed by atoms with Gasteiger partial charge >= 0.3 is 0 Å². The second kappa shape index (κ2) is 6.08. The number of rotatable bonds is 3. The molecular formula is C16H21N5. The van der Waals surface area contributed by atoms with Crippen molar-refractivity contribution in [1.82, 2.24) is 15.2 Å². The molecule has 0 radical (unpaired) electrons. The summed E-state index contributed by atoms with van der Waals surface area (Å²) in [6.45, 7) is 4.33. The van der Waals surface area contributed by atoms with Crippen molar-refractivity contribution in [1.29, 1.82) is 0 Å². The van der Waals surface area contributed by atoms with Gasteiger partial charge in [-0.1, -0.05) is 25.1 Å². The molecule has 0 unspecified atom stereocenters. The lowest BCUT2D eigenvalue weighted by molar-refractivity contribution is 0.433. The zero-order valence-corrected chi connectivity index (χ0v) is 12.6. The predicted octanol–water partition coefficient (Wildman–Crippen LogP) is 2.88. The highest BCUT2D eigenvalue weighted by Crippen LogP contribution is 2.24. The Balaban J connectivity index is 1.80. The van der Waals surface area contributed by atoms with Gasteiger partial charge in [0, 0.05) is 25.8 Å². The molecular weight excluding hydrogens is 262 g/mol. The summed E-state index contributed by atoms with van der Waals surface area (Å²) >= 11 is 0. The quantitative estimate of drug-likeness (QED) is 0.866. The lowest BCUT2D eigenvalue weighted by Crippen LogP contribution is -2.34. The maximum Gasteiger partial charge on any atom is 0.247 e. The third-order valence-electron chi connectivity index (χ3n) is 4.09. The van der Waals surface area contributed by atoms with Gasteiger partial charge in [-0.25, -0.2) is 0 Å². The highest BCUT2D eigenvalue weighted by atomic mass is 15.3. The molecule has 5 heteroatoms. The fourth-order valence-electron chi connectivity index (χ4n) is 2.57. The predicted molar refractivity (Wildman–Crippen MR) is 84.9 cm³/mol. The smallest absolute Gasteiger partial charge is 0.247 e. The van der Waals surface area contributed by atoms with Gasteiger partial charge in [0.15, 0.2) is 5.82 Å². The van der Waals surface area contributed by atoms with E-state index in [2.05, 4.69) is 39.1 Å². The molecule has 21 heavy (non-hydrogen) atoms. The topological polar surface area (TPSA) is 45.2 Å². The van der Waals surface area contributed by atoms with E-state index in [0.717, 1.165) is 36.5 Å². The van der Waals surface area contributed by atoms with Crippen molar-refractivity contribution in [2.24, 2.45) is 5.92 Å². The van der Waals surface area contributed by atoms with Gasteiger partial charge in [0.25, 0.3) is 0 Å². The minimum atomic E-state index is 0.738. The highest BCUT2D eigenvalue weighted by Gasteiger charge is 2.19. The summed E-state index contributed by atoms with van der Waals surface area (Å²) in [5.74, 6) is 2.36. The normalized spacial score (nSPS) is 16.0. The third-order valence-corrected chi connectivity index (χ3v) is 4.09. The number of piperidine rings is 1. The summed E-state index contributed by atoms with van der Waals surface area (Å²) in [4.78, 5) is 8.94. The summed E-state index contributed by atoms with van der Waals surface area (Å²) in [7, 11) is 2.00. The first-order chi connectivity index (χ1) is 10.2. The van der Waals surface area contributed by atoms with Crippen LogP contribution in [0, 0.1) is 5.92 Å². The van der Waals surface area contributed by atoms with Crippen LogP contribution in [0.25, 0.3) is 0 Å². The molecule has 0 spiro atoms. The number of hydrogen-bond acceptors (Lipinski definition) is 5. The molecule has 0 amide bonds.